The quantitative estimate of drug-likeness (QED) is 0.522. The van der Waals surface area contributed by atoms with E-state index < -0.39 is 0 Å². The fourth-order valence-electron chi connectivity index (χ4n) is 4.66. The number of morpholine rings is 1. The highest BCUT2D eigenvalue weighted by Crippen LogP contribution is 2.33. The number of fused-ring (bicyclic) bond motifs is 1. The number of benzene rings is 1. The summed E-state index contributed by atoms with van der Waals surface area (Å²) in [5, 5.41) is 5.57. The monoisotopic (exact) mass is 504 g/mol. The van der Waals surface area contributed by atoms with Crippen molar-refractivity contribution >= 4 is 23.4 Å². The molecule has 0 spiro atoms. The fraction of sp³-hybridized carbons (Fsp3) is 0.423. The molecule has 37 heavy (non-hydrogen) atoms. The summed E-state index contributed by atoms with van der Waals surface area (Å²) in [6.45, 7) is 8.13. The molecule has 0 aliphatic carbocycles. The van der Waals surface area contributed by atoms with Crippen LogP contribution >= 0.6 is 0 Å². The van der Waals surface area contributed by atoms with Gasteiger partial charge < -0.3 is 29.9 Å². The molecule has 4 heterocycles. The SMILES string of the molecule is CCNC(=O)Nc1ccc(-c2nc3c(c(N4CCOCC4C)n2)CCN(c2ccnc(OC)n2)C3)cc1. The Morgan fingerprint density at radius 1 is 1.16 bits per heavy atom. The number of hydrogen-bond donors (Lipinski definition) is 2. The van der Waals surface area contributed by atoms with Crippen molar-refractivity contribution in [3.05, 3.63) is 47.8 Å². The van der Waals surface area contributed by atoms with Gasteiger partial charge in [-0.1, -0.05) is 0 Å². The summed E-state index contributed by atoms with van der Waals surface area (Å²) >= 11 is 0. The number of carbonyl (C=O) groups is 1. The molecule has 2 aromatic heterocycles. The summed E-state index contributed by atoms with van der Waals surface area (Å²) in [7, 11) is 1.57. The molecule has 0 bridgehead atoms. The molecule has 2 N–H and O–H groups in total. The summed E-state index contributed by atoms with van der Waals surface area (Å²) in [4.78, 5) is 35.2. The largest absolute Gasteiger partial charge is 0.467 e. The maximum Gasteiger partial charge on any atom is 0.319 e. The van der Waals surface area contributed by atoms with Gasteiger partial charge in [0.15, 0.2) is 5.82 Å². The van der Waals surface area contributed by atoms with Crippen LogP contribution in [0.25, 0.3) is 11.4 Å². The topological polar surface area (TPSA) is 118 Å². The third kappa shape index (κ3) is 5.41. The van der Waals surface area contributed by atoms with E-state index in [1.165, 1.54) is 5.56 Å². The minimum Gasteiger partial charge on any atom is -0.467 e. The van der Waals surface area contributed by atoms with Gasteiger partial charge in [0.1, 0.15) is 11.6 Å². The Labute approximate surface area is 216 Å². The summed E-state index contributed by atoms with van der Waals surface area (Å²) in [6.07, 6.45) is 2.51. The van der Waals surface area contributed by atoms with E-state index in [4.69, 9.17) is 19.4 Å². The number of nitrogens with one attached hydrogen (secondary N) is 2. The highest BCUT2D eigenvalue weighted by atomic mass is 16.5. The number of urea groups is 1. The van der Waals surface area contributed by atoms with Crippen LogP contribution in [0.3, 0.4) is 0 Å². The van der Waals surface area contributed by atoms with Crippen molar-refractivity contribution in [1.82, 2.24) is 25.3 Å². The zero-order valence-corrected chi connectivity index (χ0v) is 21.4. The minimum absolute atomic E-state index is 0.216. The predicted octanol–water partition coefficient (Wildman–Crippen LogP) is 2.87. The van der Waals surface area contributed by atoms with Gasteiger partial charge in [-0.2, -0.15) is 4.98 Å². The summed E-state index contributed by atoms with van der Waals surface area (Å²) < 4.78 is 10.9. The molecule has 1 saturated heterocycles. The summed E-state index contributed by atoms with van der Waals surface area (Å²) in [5.74, 6) is 2.43. The van der Waals surface area contributed by atoms with Gasteiger partial charge in [-0.3, -0.25) is 0 Å². The number of carbonyl (C=O) groups excluding carboxylic acids is 1. The van der Waals surface area contributed by atoms with Gasteiger partial charge in [0, 0.05) is 42.6 Å². The van der Waals surface area contributed by atoms with Gasteiger partial charge in [0.2, 0.25) is 0 Å². The first-order valence-electron chi connectivity index (χ1n) is 12.6. The normalized spacial score (nSPS) is 17.2. The number of nitrogens with zero attached hydrogens (tertiary/aromatic N) is 6. The van der Waals surface area contributed by atoms with Crippen LogP contribution in [-0.4, -0.2) is 72.0 Å². The molecular weight excluding hydrogens is 472 g/mol. The van der Waals surface area contributed by atoms with Gasteiger partial charge in [-0.05, 0) is 50.6 Å². The molecule has 0 radical (unpaired) electrons. The van der Waals surface area contributed by atoms with Crippen LogP contribution < -0.4 is 25.2 Å². The molecular formula is C26H32N8O3. The molecule has 1 unspecified atom stereocenters. The average molecular weight is 505 g/mol. The van der Waals surface area contributed by atoms with E-state index in [0.29, 0.717) is 43.8 Å². The van der Waals surface area contributed by atoms with E-state index in [-0.39, 0.29) is 12.1 Å². The second-order valence-electron chi connectivity index (χ2n) is 9.05. The predicted molar refractivity (Wildman–Crippen MR) is 141 cm³/mol. The first kappa shape index (κ1) is 24.7. The Hall–Kier alpha value is -3.99. The first-order valence-corrected chi connectivity index (χ1v) is 12.6. The Morgan fingerprint density at radius 3 is 2.76 bits per heavy atom. The Balaban J connectivity index is 1.49. The van der Waals surface area contributed by atoms with Crippen LogP contribution in [0, 0.1) is 0 Å². The van der Waals surface area contributed by atoms with Crippen molar-refractivity contribution in [2.24, 2.45) is 0 Å². The maximum atomic E-state index is 11.9. The zero-order chi connectivity index (χ0) is 25.8. The summed E-state index contributed by atoms with van der Waals surface area (Å²) in [6, 6.07) is 9.82. The number of amides is 2. The number of hydrogen-bond acceptors (Lipinski definition) is 9. The van der Waals surface area contributed by atoms with Crippen LogP contribution in [0.15, 0.2) is 36.5 Å². The molecule has 5 rings (SSSR count). The van der Waals surface area contributed by atoms with Gasteiger partial charge in [-0.25, -0.2) is 19.7 Å². The van der Waals surface area contributed by atoms with Crippen LogP contribution in [0.4, 0.5) is 22.1 Å². The average Bonchev–Trinajstić information content (AvgIpc) is 2.93. The second kappa shape index (κ2) is 11.0. The molecule has 2 amide bonds. The Bertz CT molecular complexity index is 1250. The van der Waals surface area contributed by atoms with Gasteiger partial charge in [-0.15, -0.1) is 0 Å². The highest BCUT2D eigenvalue weighted by molar-refractivity contribution is 5.89. The number of methoxy groups -OCH3 is 1. The van der Waals surface area contributed by atoms with E-state index in [1.54, 1.807) is 13.3 Å². The molecule has 11 nitrogen and oxygen atoms in total. The molecule has 194 valence electrons. The van der Waals surface area contributed by atoms with Crippen LogP contribution in [0.2, 0.25) is 0 Å². The number of rotatable bonds is 6. The van der Waals surface area contributed by atoms with Gasteiger partial charge in [0.25, 0.3) is 0 Å². The van der Waals surface area contributed by atoms with Crippen molar-refractivity contribution < 1.29 is 14.3 Å². The van der Waals surface area contributed by atoms with E-state index in [2.05, 4.69) is 37.3 Å². The van der Waals surface area contributed by atoms with Crippen molar-refractivity contribution in [3.8, 4) is 17.4 Å². The molecule has 1 atom stereocenters. The standard InChI is InChI=1S/C26H32N8O3/c1-4-27-25(35)29-19-7-5-18(6-8-19)23-30-21-15-33(22-9-11-28-26(31-22)36-3)12-10-20(21)24(32-23)34-13-14-37-16-17(34)2/h5-9,11,17H,4,10,12-16H2,1-3H3,(H2,27,29,35). The molecule has 3 aromatic rings. The van der Waals surface area contributed by atoms with Crippen molar-refractivity contribution in [2.45, 2.75) is 32.9 Å². The van der Waals surface area contributed by atoms with E-state index in [1.807, 2.05) is 37.3 Å². The minimum atomic E-state index is -0.231. The van der Waals surface area contributed by atoms with E-state index >= 15 is 0 Å². The zero-order valence-electron chi connectivity index (χ0n) is 21.4. The smallest absolute Gasteiger partial charge is 0.319 e. The molecule has 2 aliphatic rings. The lowest BCUT2D eigenvalue weighted by molar-refractivity contribution is 0.0984. The van der Waals surface area contributed by atoms with E-state index in [0.717, 1.165) is 42.4 Å². The van der Waals surface area contributed by atoms with E-state index in [9.17, 15) is 4.79 Å². The van der Waals surface area contributed by atoms with Crippen LogP contribution in [0.5, 0.6) is 6.01 Å². The number of ether oxygens (including phenoxy) is 2. The third-order valence-corrected chi connectivity index (χ3v) is 6.55. The fourth-order valence-corrected chi connectivity index (χ4v) is 4.66. The molecule has 2 aliphatic heterocycles. The molecule has 1 fully saturated rings. The molecule has 11 heteroatoms. The lowest BCUT2D eigenvalue weighted by Gasteiger charge is -2.38. The number of anilines is 3. The van der Waals surface area contributed by atoms with Crippen molar-refractivity contribution in [3.63, 3.8) is 0 Å². The van der Waals surface area contributed by atoms with Crippen LogP contribution in [-0.2, 0) is 17.7 Å². The maximum absolute atomic E-state index is 11.9. The van der Waals surface area contributed by atoms with Crippen molar-refractivity contribution in [2.75, 3.05) is 55.1 Å². The lowest BCUT2D eigenvalue weighted by Crippen LogP contribution is -2.45. The molecule has 1 aromatic carbocycles. The second-order valence-corrected chi connectivity index (χ2v) is 9.05. The Morgan fingerprint density at radius 2 is 2.00 bits per heavy atom. The number of aromatic nitrogens is 4. The first-order chi connectivity index (χ1) is 18.1. The van der Waals surface area contributed by atoms with Crippen LogP contribution in [0.1, 0.15) is 25.1 Å². The van der Waals surface area contributed by atoms with Crippen molar-refractivity contribution in [1.29, 1.82) is 0 Å². The highest BCUT2D eigenvalue weighted by Gasteiger charge is 2.29. The Kier molecular flexibility index (Phi) is 7.31. The third-order valence-electron chi connectivity index (χ3n) is 6.55. The molecule has 0 saturated carbocycles. The van der Waals surface area contributed by atoms with Gasteiger partial charge in [0.05, 0.1) is 38.6 Å². The summed E-state index contributed by atoms with van der Waals surface area (Å²) in [5.41, 5.74) is 3.74. The van der Waals surface area contributed by atoms with Gasteiger partial charge >= 0.3 is 12.0 Å². The lowest BCUT2D eigenvalue weighted by atomic mass is 10.0.